The minimum atomic E-state index is -2.17. The largest absolute Gasteiger partial charge is 0.631 e. The zero-order valence-electron chi connectivity index (χ0n) is 3.48. The van der Waals surface area contributed by atoms with E-state index in [0.29, 0.717) is 0 Å². The summed E-state index contributed by atoms with van der Waals surface area (Å²) in [6, 6.07) is 0. The average molecular weight is 107 g/mol. The maximum atomic E-state index is 8.58. The quantitative estimate of drug-likeness (QED) is 0.196. The molecule has 7 heavy (non-hydrogen) atoms. The van der Waals surface area contributed by atoms with Crippen LogP contribution < -0.4 is 5.73 Å². The Morgan fingerprint density at radius 2 is 1.43 bits per heavy atom. The minimum Gasteiger partial charge on any atom is -0.402 e. The van der Waals surface area contributed by atoms with E-state index in [1.807, 2.05) is 0 Å². The lowest BCUT2D eigenvalue weighted by Gasteiger charge is -1.69. The van der Waals surface area contributed by atoms with Crippen molar-refractivity contribution < 1.29 is 19.9 Å². The maximum Gasteiger partial charge on any atom is 0.631 e. The lowest BCUT2D eigenvalue weighted by atomic mass is 10.3. The predicted octanol–water partition coefficient (Wildman–Crippen LogP) is -2.95. The summed E-state index contributed by atoms with van der Waals surface area (Å²) in [5.41, 5.74) is 4.17. The normalized spacial score (nSPS) is 5.57. The summed E-state index contributed by atoms with van der Waals surface area (Å²) in [6.07, 6.45) is 0.250. The first kappa shape index (κ1) is 9.65. The number of amides is 1. The third-order valence-electron chi connectivity index (χ3n) is 0. The predicted molar refractivity (Wildman–Crippen MR) is 22.7 cm³/mol. The third kappa shape index (κ3) is 184. The van der Waals surface area contributed by atoms with Gasteiger partial charge in [0.25, 0.3) is 0 Å². The molecule has 0 fully saturated rings. The second-order valence-electron chi connectivity index (χ2n) is 0.482. The lowest BCUT2D eigenvalue weighted by molar-refractivity contribution is -0.106. The molecule has 0 saturated carbocycles. The van der Waals surface area contributed by atoms with Crippen LogP contribution in [-0.2, 0) is 4.79 Å². The molecule has 6 heteroatoms. The van der Waals surface area contributed by atoms with Gasteiger partial charge in [-0.3, -0.25) is 4.79 Å². The summed E-state index contributed by atoms with van der Waals surface area (Å²) in [4.78, 5) is 8.58. The molecule has 0 spiro atoms. The van der Waals surface area contributed by atoms with Crippen molar-refractivity contribution in [3.05, 3.63) is 0 Å². The fraction of sp³-hybridized carbons (Fsp3) is 0. The Balaban J connectivity index is 0. The van der Waals surface area contributed by atoms with E-state index in [-0.39, 0.29) is 6.41 Å². The van der Waals surface area contributed by atoms with E-state index in [1.165, 1.54) is 0 Å². The molecular formula is CH6BNO4. The van der Waals surface area contributed by atoms with Gasteiger partial charge in [-0.25, -0.2) is 0 Å². The first-order valence-corrected chi connectivity index (χ1v) is 1.34. The number of carbonyl (C=O) groups excluding carboxylic acids is 1. The van der Waals surface area contributed by atoms with E-state index in [9.17, 15) is 0 Å². The Morgan fingerprint density at radius 3 is 1.43 bits per heavy atom. The highest BCUT2D eigenvalue weighted by Gasteiger charge is 1.92. The second-order valence-corrected chi connectivity index (χ2v) is 0.482. The molecule has 0 aliphatic heterocycles. The number of rotatable bonds is 0. The number of carbonyl (C=O) groups is 1. The van der Waals surface area contributed by atoms with Crippen molar-refractivity contribution >= 4 is 13.7 Å². The van der Waals surface area contributed by atoms with Gasteiger partial charge < -0.3 is 20.8 Å². The van der Waals surface area contributed by atoms with E-state index < -0.39 is 7.32 Å². The summed E-state index contributed by atoms with van der Waals surface area (Å²) < 4.78 is 0. The molecule has 0 aromatic carbocycles. The molecular weight excluding hydrogens is 101 g/mol. The Bertz CT molecular complexity index is 35.9. The molecule has 0 aliphatic rings. The molecule has 0 aromatic heterocycles. The van der Waals surface area contributed by atoms with Gasteiger partial charge in [0.05, 0.1) is 0 Å². The minimum absolute atomic E-state index is 0.250. The SMILES string of the molecule is NC=O.OB(O)O. The molecule has 0 heterocycles. The molecule has 0 unspecified atom stereocenters. The summed E-state index contributed by atoms with van der Waals surface area (Å²) >= 11 is 0. The molecule has 0 rings (SSSR count). The molecule has 5 nitrogen and oxygen atoms in total. The lowest BCUT2D eigenvalue weighted by Crippen LogP contribution is -2.07. The number of hydrogen-bond acceptors (Lipinski definition) is 4. The summed E-state index contributed by atoms with van der Waals surface area (Å²) in [5, 5.41) is 21.5. The van der Waals surface area contributed by atoms with Gasteiger partial charge in [0, 0.05) is 0 Å². The first-order valence-electron chi connectivity index (χ1n) is 1.34. The smallest absolute Gasteiger partial charge is 0.402 e. The fourth-order valence-corrected chi connectivity index (χ4v) is 0. The Kier molecular flexibility index (Phi) is 12.5. The van der Waals surface area contributed by atoms with Crippen molar-refractivity contribution in [2.24, 2.45) is 5.73 Å². The monoisotopic (exact) mass is 107 g/mol. The van der Waals surface area contributed by atoms with E-state index >= 15 is 0 Å². The molecule has 0 aromatic rings. The van der Waals surface area contributed by atoms with E-state index in [1.54, 1.807) is 0 Å². The Morgan fingerprint density at radius 1 is 1.43 bits per heavy atom. The molecule has 0 atom stereocenters. The standard InChI is InChI=1S/CH3NO.BH3O3/c2-1-3;2-1(3)4/h1H,(H2,2,3);2-4H. The zero-order chi connectivity index (χ0) is 6.28. The van der Waals surface area contributed by atoms with Gasteiger partial charge in [0.15, 0.2) is 0 Å². The number of primary amides is 1. The molecule has 42 valence electrons. The molecule has 0 aliphatic carbocycles. The van der Waals surface area contributed by atoms with Crippen LogP contribution in [-0.4, -0.2) is 28.8 Å². The highest BCUT2D eigenvalue weighted by molar-refractivity contribution is 6.30. The van der Waals surface area contributed by atoms with Crippen LogP contribution in [0.2, 0.25) is 0 Å². The van der Waals surface area contributed by atoms with Crippen LogP contribution in [0.3, 0.4) is 0 Å². The number of nitrogens with two attached hydrogens (primary N) is 1. The first-order chi connectivity index (χ1) is 3.15. The van der Waals surface area contributed by atoms with Crippen LogP contribution in [0.15, 0.2) is 0 Å². The van der Waals surface area contributed by atoms with Crippen LogP contribution in [0.5, 0.6) is 0 Å². The van der Waals surface area contributed by atoms with Crippen molar-refractivity contribution in [2.75, 3.05) is 0 Å². The van der Waals surface area contributed by atoms with Gasteiger partial charge in [-0.1, -0.05) is 0 Å². The molecule has 0 radical (unpaired) electrons. The van der Waals surface area contributed by atoms with Gasteiger partial charge in [-0.05, 0) is 0 Å². The second kappa shape index (κ2) is 9.05. The molecule has 0 saturated heterocycles. The Labute approximate surface area is 40.6 Å². The molecule has 1 amide bonds. The molecule has 5 N–H and O–H groups in total. The van der Waals surface area contributed by atoms with Crippen molar-refractivity contribution in [3.63, 3.8) is 0 Å². The van der Waals surface area contributed by atoms with Gasteiger partial charge >= 0.3 is 7.32 Å². The van der Waals surface area contributed by atoms with Crippen molar-refractivity contribution in [1.29, 1.82) is 0 Å². The van der Waals surface area contributed by atoms with Crippen LogP contribution >= 0.6 is 0 Å². The van der Waals surface area contributed by atoms with Crippen LogP contribution in [0.4, 0.5) is 0 Å². The van der Waals surface area contributed by atoms with Crippen molar-refractivity contribution in [2.45, 2.75) is 0 Å². The zero-order valence-corrected chi connectivity index (χ0v) is 3.48. The number of hydrogen-bond donors (Lipinski definition) is 4. The fourth-order valence-electron chi connectivity index (χ4n) is 0. The third-order valence-corrected chi connectivity index (χ3v) is 0. The summed E-state index contributed by atoms with van der Waals surface area (Å²) in [6.45, 7) is 0. The van der Waals surface area contributed by atoms with Crippen LogP contribution in [0, 0.1) is 0 Å². The highest BCUT2D eigenvalue weighted by atomic mass is 16.5. The van der Waals surface area contributed by atoms with E-state index in [4.69, 9.17) is 19.9 Å². The maximum absolute atomic E-state index is 8.58. The summed E-state index contributed by atoms with van der Waals surface area (Å²) in [5.74, 6) is 0. The average Bonchev–Trinajstić information content (AvgIpc) is 1.33. The van der Waals surface area contributed by atoms with Gasteiger partial charge in [0.2, 0.25) is 6.41 Å². The van der Waals surface area contributed by atoms with Crippen LogP contribution in [0.25, 0.3) is 0 Å². The van der Waals surface area contributed by atoms with Gasteiger partial charge in [0.1, 0.15) is 0 Å². The molecule has 0 bridgehead atoms. The topological polar surface area (TPSA) is 104 Å². The van der Waals surface area contributed by atoms with Gasteiger partial charge in [-0.15, -0.1) is 0 Å². The van der Waals surface area contributed by atoms with E-state index in [0.717, 1.165) is 0 Å². The van der Waals surface area contributed by atoms with E-state index in [2.05, 4.69) is 5.73 Å². The highest BCUT2D eigenvalue weighted by Crippen LogP contribution is 1.40. The van der Waals surface area contributed by atoms with Crippen molar-refractivity contribution in [1.82, 2.24) is 0 Å². The summed E-state index contributed by atoms with van der Waals surface area (Å²) in [7, 11) is -2.17. The van der Waals surface area contributed by atoms with Crippen molar-refractivity contribution in [3.8, 4) is 0 Å². The van der Waals surface area contributed by atoms with Crippen LogP contribution in [0.1, 0.15) is 0 Å². The van der Waals surface area contributed by atoms with Gasteiger partial charge in [-0.2, -0.15) is 0 Å². The Hall–Kier alpha value is -0.585.